The number of carbonyl (C=O) groups is 1. The normalized spacial score (nSPS) is 21.6. The van der Waals surface area contributed by atoms with E-state index < -0.39 is 32.0 Å². The van der Waals surface area contributed by atoms with E-state index in [1.807, 2.05) is 0 Å². The minimum absolute atomic E-state index is 0.00514. The molecule has 1 atom stereocenters. The summed E-state index contributed by atoms with van der Waals surface area (Å²) in [4.78, 5) is 25.0. The number of likely N-dealkylation sites (N-methyl/N-ethyl adjacent to an activating group) is 1. The van der Waals surface area contributed by atoms with Gasteiger partial charge in [0, 0.05) is 24.8 Å². The fraction of sp³-hybridized carbons (Fsp3) is 0.364. The minimum atomic E-state index is -3.84. The van der Waals surface area contributed by atoms with E-state index in [0.29, 0.717) is 0 Å². The summed E-state index contributed by atoms with van der Waals surface area (Å²) in [5, 5.41) is 2.62. The number of terminal acetylenes is 1. The van der Waals surface area contributed by atoms with E-state index in [1.165, 1.54) is 45.4 Å². The maximum Gasteiger partial charge on any atom is 0.275 e. The molecule has 0 saturated heterocycles. The Balaban J connectivity index is 1.92. The number of nitrogens with zero attached hydrogens (tertiary/aromatic N) is 4. The largest absolute Gasteiger partial charge is 0.463 e. The van der Waals surface area contributed by atoms with Crippen LogP contribution in [0.1, 0.15) is 36.8 Å². The fourth-order valence-corrected chi connectivity index (χ4v) is 4.97. The van der Waals surface area contributed by atoms with Crippen LogP contribution in [0.25, 0.3) is 0 Å². The summed E-state index contributed by atoms with van der Waals surface area (Å²) >= 11 is 0. The first-order valence-corrected chi connectivity index (χ1v) is 11.6. The van der Waals surface area contributed by atoms with Crippen molar-refractivity contribution in [2.45, 2.75) is 31.1 Å². The van der Waals surface area contributed by atoms with Crippen molar-refractivity contribution in [3.63, 3.8) is 0 Å². The Morgan fingerprint density at radius 2 is 2.03 bits per heavy atom. The van der Waals surface area contributed by atoms with Crippen molar-refractivity contribution < 1.29 is 22.3 Å². The lowest BCUT2D eigenvalue weighted by atomic mass is 9.91. The van der Waals surface area contributed by atoms with Crippen molar-refractivity contribution in [3.05, 3.63) is 47.7 Å². The van der Waals surface area contributed by atoms with Crippen molar-refractivity contribution in [3.8, 4) is 18.2 Å². The van der Waals surface area contributed by atoms with Gasteiger partial charge in [0.25, 0.3) is 5.91 Å². The number of anilines is 1. The molecule has 1 unspecified atom stereocenters. The molecular weight excluding hydrogens is 463 g/mol. The highest BCUT2D eigenvalue weighted by Gasteiger charge is 2.48. The summed E-state index contributed by atoms with van der Waals surface area (Å²) in [6.45, 7) is 4.33. The van der Waals surface area contributed by atoms with Crippen LogP contribution < -0.4 is 15.8 Å². The topological polar surface area (TPSA) is 140 Å². The molecule has 2 heterocycles. The Hall–Kier alpha value is -3.56. The number of aromatic nitrogens is 2. The molecule has 12 heteroatoms. The molecule has 2 aromatic rings. The van der Waals surface area contributed by atoms with E-state index in [0.717, 1.165) is 10.4 Å². The molecule has 0 spiro atoms. The molecule has 10 nitrogen and oxygen atoms in total. The molecule has 180 valence electrons. The Kier molecular flexibility index (Phi) is 6.64. The molecule has 1 aliphatic heterocycles. The Morgan fingerprint density at radius 3 is 2.65 bits per heavy atom. The second-order valence-corrected chi connectivity index (χ2v) is 11.0. The van der Waals surface area contributed by atoms with E-state index in [-0.39, 0.29) is 41.8 Å². The summed E-state index contributed by atoms with van der Waals surface area (Å²) < 4.78 is 45.5. The fourth-order valence-electron chi connectivity index (χ4n) is 3.46. The van der Waals surface area contributed by atoms with E-state index in [9.17, 15) is 17.6 Å². The average molecular weight is 489 g/mol. The predicted molar refractivity (Wildman–Crippen MR) is 125 cm³/mol. The lowest BCUT2D eigenvalue weighted by Gasteiger charge is -2.29. The van der Waals surface area contributed by atoms with Crippen LogP contribution in [0.15, 0.2) is 35.6 Å². The van der Waals surface area contributed by atoms with E-state index in [4.69, 9.17) is 16.9 Å². The van der Waals surface area contributed by atoms with Gasteiger partial charge in [0.1, 0.15) is 27.6 Å². The van der Waals surface area contributed by atoms with Gasteiger partial charge in [0.15, 0.2) is 6.61 Å². The predicted octanol–water partition coefficient (Wildman–Crippen LogP) is 1.51. The first-order valence-electron chi connectivity index (χ1n) is 10.1. The van der Waals surface area contributed by atoms with Gasteiger partial charge in [-0.2, -0.15) is 0 Å². The third-order valence-electron chi connectivity index (χ3n) is 5.54. The van der Waals surface area contributed by atoms with Crippen LogP contribution in [0.2, 0.25) is 0 Å². The van der Waals surface area contributed by atoms with Gasteiger partial charge in [-0.15, -0.1) is 6.42 Å². The Bertz CT molecular complexity index is 1290. The third-order valence-corrected chi connectivity index (χ3v) is 7.99. The van der Waals surface area contributed by atoms with Gasteiger partial charge < -0.3 is 15.8 Å². The Morgan fingerprint density at radius 1 is 1.32 bits per heavy atom. The molecule has 0 fully saturated rings. The molecular formula is C22H25FN6O4S. The summed E-state index contributed by atoms with van der Waals surface area (Å²) in [5.74, 6) is 1.09. The second-order valence-electron chi connectivity index (χ2n) is 8.42. The summed E-state index contributed by atoms with van der Waals surface area (Å²) in [5.41, 5.74) is 5.03. The van der Waals surface area contributed by atoms with Crippen molar-refractivity contribution in [2.75, 3.05) is 25.5 Å². The highest BCUT2D eigenvalue weighted by molar-refractivity contribution is 7.91. The van der Waals surface area contributed by atoms with Gasteiger partial charge in [-0.05, 0) is 39.0 Å². The van der Waals surface area contributed by atoms with Gasteiger partial charge in [-0.25, -0.2) is 27.1 Å². The number of hydrogen-bond acceptors (Lipinski definition) is 8. The number of amidine groups is 1. The molecule has 0 bridgehead atoms. The van der Waals surface area contributed by atoms with Gasteiger partial charge >= 0.3 is 0 Å². The van der Waals surface area contributed by atoms with Crippen LogP contribution in [0, 0.1) is 18.2 Å². The van der Waals surface area contributed by atoms with Gasteiger partial charge in [0.2, 0.25) is 15.9 Å². The molecule has 3 rings (SSSR count). The number of nitrogens with one attached hydrogen (secondary N) is 1. The number of aliphatic imine (C=N–C) groups is 1. The minimum Gasteiger partial charge on any atom is -0.463 e. The summed E-state index contributed by atoms with van der Waals surface area (Å²) in [6, 6.07) is 3.92. The van der Waals surface area contributed by atoms with Crippen LogP contribution in [-0.2, 0) is 15.6 Å². The number of hydrogen-bond donors (Lipinski definition) is 2. The summed E-state index contributed by atoms with van der Waals surface area (Å²) in [6.07, 6.45) is 7.58. The van der Waals surface area contributed by atoms with Crippen LogP contribution >= 0.6 is 0 Å². The number of amides is 1. The number of halogens is 1. The number of rotatable bonds is 5. The van der Waals surface area contributed by atoms with Crippen LogP contribution in [0.5, 0.6) is 5.88 Å². The smallest absolute Gasteiger partial charge is 0.275 e. The highest BCUT2D eigenvalue weighted by Crippen LogP contribution is 2.36. The van der Waals surface area contributed by atoms with Gasteiger partial charge in [-0.3, -0.25) is 9.79 Å². The average Bonchev–Trinajstić information content (AvgIpc) is 2.82. The highest BCUT2D eigenvalue weighted by atomic mass is 32.2. The zero-order valence-electron chi connectivity index (χ0n) is 19.2. The third kappa shape index (κ3) is 4.57. The number of carbonyl (C=O) groups excluding carboxylic acids is 1. The molecule has 0 saturated carbocycles. The van der Waals surface area contributed by atoms with E-state index in [1.54, 1.807) is 6.92 Å². The van der Waals surface area contributed by atoms with Crippen molar-refractivity contribution in [1.82, 2.24) is 14.3 Å². The number of ether oxygens (including phenoxy) is 1. The lowest BCUT2D eigenvalue weighted by Crippen LogP contribution is -2.50. The van der Waals surface area contributed by atoms with Crippen LogP contribution in [0.4, 0.5) is 10.1 Å². The Labute approximate surface area is 197 Å². The molecule has 1 aliphatic rings. The first kappa shape index (κ1) is 25.1. The standard InChI is InChI=1S/C22H25FN6O4S/c1-6-9-33-18-12-25-17(11-26-18)19(30)27-14-7-8-16(23)15(10-14)22(4)13-29(5)34(31,32)21(2,3)20(24)28-22/h1,7-8,10-12H,9,13H2,2-5H3,(H2,24,28)(H,27,30). The summed E-state index contributed by atoms with van der Waals surface area (Å²) in [7, 11) is -2.45. The molecule has 1 aromatic carbocycles. The molecule has 3 N–H and O–H groups in total. The number of benzene rings is 1. The first-order chi connectivity index (χ1) is 15.8. The molecule has 0 radical (unpaired) electrons. The van der Waals surface area contributed by atoms with E-state index in [2.05, 4.69) is 26.2 Å². The quantitative estimate of drug-likeness (QED) is 0.608. The molecule has 1 aromatic heterocycles. The van der Waals surface area contributed by atoms with Gasteiger partial charge in [-0.1, -0.05) is 5.92 Å². The number of sulfonamides is 1. The maximum atomic E-state index is 14.9. The zero-order valence-corrected chi connectivity index (χ0v) is 20.0. The maximum absolute atomic E-state index is 14.9. The lowest BCUT2D eigenvalue weighted by molar-refractivity contribution is 0.102. The van der Waals surface area contributed by atoms with Crippen molar-refractivity contribution >= 4 is 27.5 Å². The van der Waals surface area contributed by atoms with Gasteiger partial charge in [0.05, 0.1) is 12.4 Å². The van der Waals surface area contributed by atoms with Crippen LogP contribution in [-0.4, -0.2) is 59.4 Å². The van der Waals surface area contributed by atoms with Crippen molar-refractivity contribution in [1.29, 1.82) is 0 Å². The van der Waals surface area contributed by atoms with Crippen molar-refractivity contribution in [2.24, 2.45) is 10.7 Å². The monoisotopic (exact) mass is 488 g/mol. The molecule has 34 heavy (non-hydrogen) atoms. The molecule has 1 amide bonds. The number of nitrogens with two attached hydrogens (primary N) is 1. The SMILES string of the molecule is C#CCOc1cnc(C(=O)Nc2ccc(F)c(C3(C)CN(C)S(=O)(=O)C(C)(C)C(N)=N3)c2)cn1. The van der Waals surface area contributed by atoms with Crippen LogP contribution in [0.3, 0.4) is 0 Å². The zero-order chi connectivity index (χ0) is 25.3. The van der Waals surface area contributed by atoms with E-state index >= 15 is 0 Å². The molecule has 0 aliphatic carbocycles. The second kappa shape index (κ2) is 9.00.